The van der Waals surface area contributed by atoms with Crippen molar-refractivity contribution < 1.29 is 19.1 Å². The Kier molecular flexibility index (Phi) is 9.64. The first-order valence-electron chi connectivity index (χ1n) is 5.32. The van der Waals surface area contributed by atoms with Crippen LogP contribution in [0.15, 0.2) is 0 Å². The number of hydrogen-bond donors (Lipinski definition) is 2. The van der Waals surface area contributed by atoms with E-state index in [1.54, 1.807) is 14.0 Å². The monoisotopic (exact) mass is 232 g/mol. The Bertz CT molecular complexity index is 209. The van der Waals surface area contributed by atoms with E-state index in [2.05, 4.69) is 10.6 Å². The van der Waals surface area contributed by atoms with Crippen LogP contribution in [-0.4, -0.2) is 51.8 Å². The molecule has 0 saturated carbocycles. The van der Waals surface area contributed by atoms with E-state index in [4.69, 9.17) is 9.47 Å². The predicted octanol–water partition coefficient (Wildman–Crippen LogP) is -0.708. The van der Waals surface area contributed by atoms with Crippen LogP contribution in [0.5, 0.6) is 0 Å². The molecule has 0 atom stereocenters. The fourth-order valence-electron chi connectivity index (χ4n) is 0.976. The minimum absolute atomic E-state index is 0.139. The minimum Gasteiger partial charge on any atom is -0.466 e. The summed E-state index contributed by atoms with van der Waals surface area (Å²) in [6.45, 7) is 3.84. The maximum absolute atomic E-state index is 11.2. The molecule has 0 aromatic carbocycles. The molecule has 0 aliphatic heterocycles. The first kappa shape index (κ1) is 14.9. The van der Waals surface area contributed by atoms with Gasteiger partial charge in [-0.25, -0.2) is 0 Å². The molecule has 0 spiro atoms. The number of ether oxygens (including phenoxy) is 2. The average molecular weight is 232 g/mol. The van der Waals surface area contributed by atoms with Crippen LogP contribution in [0.4, 0.5) is 0 Å². The molecule has 2 N–H and O–H groups in total. The molecule has 1 amide bonds. The highest BCUT2D eigenvalue weighted by molar-refractivity contribution is 5.78. The molecule has 0 aliphatic carbocycles. The van der Waals surface area contributed by atoms with Gasteiger partial charge in [0.25, 0.3) is 0 Å². The Morgan fingerprint density at radius 2 is 2.00 bits per heavy atom. The highest BCUT2D eigenvalue weighted by Crippen LogP contribution is 1.83. The van der Waals surface area contributed by atoms with E-state index in [1.165, 1.54) is 0 Å². The molecule has 6 nitrogen and oxygen atoms in total. The second-order valence-electron chi connectivity index (χ2n) is 3.07. The summed E-state index contributed by atoms with van der Waals surface area (Å²) in [6.07, 6.45) is 0.206. The van der Waals surface area contributed by atoms with Crippen molar-refractivity contribution in [1.82, 2.24) is 10.6 Å². The molecule has 0 radical (unpaired) electrons. The van der Waals surface area contributed by atoms with Crippen LogP contribution in [-0.2, 0) is 19.1 Å². The van der Waals surface area contributed by atoms with E-state index in [1.807, 2.05) is 0 Å². The van der Waals surface area contributed by atoms with Gasteiger partial charge in [0.05, 0.1) is 26.2 Å². The quantitative estimate of drug-likeness (QED) is 0.406. The average Bonchev–Trinajstić information content (AvgIpc) is 2.25. The maximum atomic E-state index is 11.2. The highest BCUT2D eigenvalue weighted by Gasteiger charge is 2.03. The molecule has 0 fully saturated rings. The van der Waals surface area contributed by atoms with E-state index < -0.39 is 0 Å². The Labute approximate surface area is 95.7 Å². The lowest BCUT2D eigenvalue weighted by molar-refractivity contribution is -0.143. The number of esters is 1. The van der Waals surface area contributed by atoms with E-state index in [9.17, 15) is 9.59 Å². The van der Waals surface area contributed by atoms with Crippen LogP contribution in [0.3, 0.4) is 0 Å². The Balaban J connectivity index is 3.33. The zero-order chi connectivity index (χ0) is 12.2. The maximum Gasteiger partial charge on any atom is 0.307 e. The molecule has 0 aliphatic rings. The number of amides is 1. The van der Waals surface area contributed by atoms with Crippen LogP contribution >= 0.6 is 0 Å². The van der Waals surface area contributed by atoms with Gasteiger partial charge in [-0.2, -0.15) is 0 Å². The van der Waals surface area contributed by atoms with E-state index in [0.717, 1.165) is 0 Å². The van der Waals surface area contributed by atoms with Crippen molar-refractivity contribution in [1.29, 1.82) is 0 Å². The number of carbonyl (C=O) groups excluding carboxylic acids is 2. The Hall–Kier alpha value is -1.14. The summed E-state index contributed by atoms with van der Waals surface area (Å²) in [6, 6.07) is 0. The fourth-order valence-corrected chi connectivity index (χ4v) is 0.976. The summed E-state index contributed by atoms with van der Waals surface area (Å²) < 4.78 is 9.52. The van der Waals surface area contributed by atoms with Gasteiger partial charge in [0.15, 0.2) is 0 Å². The first-order chi connectivity index (χ1) is 7.70. The molecule has 94 valence electrons. The third-order valence-corrected chi connectivity index (χ3v) is 1.73. The van der Waals surface area contributed by atoms with E-state index >= 15 is 0 Å². The number of carbonyl (C=O) groups is 2. The molecule has 0 aromatic rings. The highest BCUT2D eigenvalue weighted by atomic mass is 16.5. The largest absolute Gasteiger partial charge is 0.466 e. The van der Waals surface area contributed by atoms with Crippen molar-refractivity contribution in [2.24, 2.45) is 0 Å². The molecule has 0 bridgehead atoms. The van der Waals surface area contributed by atoms with Crippen molar-refractivity contribution in [3.05, 3.63) is 0 Å². The van der Waals surface area contributed by atoms with Crippen molar-refractivity contribution in [2.45, 2.75) is 13.3 Å². The summed E-state index contributed by atoms with van der Waals surface area (Å²) in [7, 11) is 1.60. The van der Waals surface area contributed by atoms with Crippen molar-refractivity contribution in [2.75, 3.05) is 40.0 Å². The zero-order valence-corrected chi connectivity index (χ0v) is 9.88. The van der Waals surface area contributed by atoms with Crippen molar-refractivity contribution >= 4 is 11.9 Å². The predicted molar refractivity (Wildman–Crippen MR) is 59.0 cm³/mol. The van der Waals surface area contributed by atoms with Crippen LogP contribution < -0.4 is 10.6 Å². The van der Waals surface area contributed by atoms with Gasteiger partial charge in [-0.1, -0.05) is 0 Å². The Morgan fingerprint density at radius 3 is 2.62 bits per heavy atom. The minimum atomic E-state index is -0.296. The smallest absolute Gasteiger partial charge is 0.307 e. The fraction of sp³-hybridized carbons (Fsp3) is 0.800. The SMILES string of the molecule is CCOC(=O)CCNC(=O)CNCCOC. The zero-order valence-electron chi connectivity index (χ0n) is 9.88. The molecular formula is C10H20N2O4. The Morgan fingerprint density at radius 1 is 1.25 bits per heavy atom. The van der Waals surface area contributed by atoms with Crippen LogP contribution in [0, 0.1) is 0 Å². The van der Waals surface area contributed by atoms with Gasteiger partial charge >= 0.3 is 5.97 Å². The van der Waals surface area contributed by atoms with Crippen molar-refractivity contribution in [3.63, 3.8) is 0 Å². The summed E-state index contributed by atoms with van der Waals surface area (Å²) in [5.74, 6) is -0.435. The molecule has 0 rings (SSSR count). The topological polar surface area (TPSA) is 76.7 Å². The van der Waals surface area contributed by atoms with Crippen LogP contribution in [0.25, 0.3) is 0 Å². The second-order valence-corrected chi connectivity index (χ2v) is 3.07. The van der Waals surface area contributed by atoms with Gasteiger partial charge in [-0.05, 0) is 6.92 Å². The molecule has 16 heavy (non-hydrogen) atoms. The number of nitrogens with one attached hydrogen (secondary N) is 2. The lowest BCUT2D eigenvalue weighted by atomic mass is 10.4. The van der Waals surface area contributed by atoms with Gasteiger partial charge < -0.3 is 20.1 Å². The number of methoxy groups -OCH3 is 1. The van der Waals surface area contributed by atoms with E-state index in [-0.39, 0.29) is 24.8 Å². The van der Waals surface area contributed by atoms with E-state index in [0.29, 0.717) is 26.3 Å². The summed E-state index contributed by atoms with van der Waals surface area (Å²) in [4.78, 5) is 22.1. The number of rotatable bonds is 9. The van der Waals surface area contributed by atoms with Crippen LogP contribution in [0.1, 0.15) is 13.3 Å². The molecule has 0 aromatic heterocycles. The summed E-state index contributed by atoms with van der Waals surface area (Å²) >= 11 is 0. The molecule has 0 heterocycles. The third kappa shape index (κ3) is 9.42. The van der Waals surface area contributed by atoms with Gasteiger partial charge in [0.2, 0.25) is 5.91 Å². The third-order valence-electron chi connectivity index (χ3n) is 1.73. The molecule has 0 saturated heterocycles. The molecular weight excluding hydrogens is 212 g/mol. The lowest BCUT2D eigenvalue weighted by Crippen LogP contribution is -2.36. The first-order valence-corrected chi connectivity index (χ1v) is 5.32. The standard InChI is InChI=1S/C10H20N2O4/c1-3-16-10(14)4-5-12-9(13)8-11-6-7-15-2/h11H,3-8H2,1-2H3,(H,12,13). The molecule has 6 heteroatoms. The summed E-state index contributed by atoms with van der Waals surface area (Å²) in [5, 5.41) is 5.50. The van der Waals surface area contributed by atoms with Crippen LogP contribution in [0.2, 0.25) is 0 Å². The van der Waals surface area contributed by atoms with Gasteiger partial charge in [0.1, 0.15) is 0 Å². The second kappa shape index (κ2) is 10.4. The van der Waals surface area contributed by atoms with Crippen molar-refractivity contribution in [3.8, 4) is 0 Å². The number of hydrogen-bond acceptors (Lipinski definition) is 5. The lowest BCUT2D eigenvalue weighted by Gasteiger charge is -2.06. The normalized spacial score (nSPS) is 9.88. The van der Waals surface area contributed by atoms with Gasteiger partial charge in [0, 0.05) is 20.2 Å². The molecule has 0 unspecified atom stereocenters. The van der Waals surface area contributed by atoms with Gasteiger partial charge in [-0.15, -0.1) is 0 Å². The summed E-state index contributed by atoms with van der Waals surface area (Å²) in [5.41, 5.74) is 0. The van der Waals surface area contributed by atoms with Gasteiger partial charge in [-0.3, -0.25) is 9.59 Å².